The van der Waals surface area contributed by atoms with Crippen molar-refractivity contribution in [2.75, 3.05) is 18.4 Å². The molecule has 1 amide bonds. The Morgan fingerprint density at radius 1 is 0.926 bits per heavy atom. The van der Waals surface area contributed by atoms with Gasteiger partial charge in [-0.05, 0) is 62.9 Å². The second-order valence-corrected chi connectivity index (χ2v) is 9.12. The smallest absolute Gasteiger partial charge is 0.255 e. The molecule has 2 aromatic rings. The molecular formula is C21H26N2O3S. The van der Waals surface area contributed by atoms with Gasteiger partial charge in [0.1, 0.15) is 0 Å². The van der Waals surface area contributed by atoms with Gasteiger partial charge in [0, 0.05) is 24.3 Å². The number of nitrogens with zero attached hydrogens (tertiary/aromatic N) is 1. The maximum atomic E-state index is 13.0. The normalized spacial score (nSPS) is 15.5. The minimum absolute atomic E-state index is 0.220. The highest BCUT2D eigenvalue weighted by Gasteiger charge is 2.28. The zero-order valence-corrected chi connectivity index (χ0v) is 16.9. The molecule has 0 radical (unpaired) electrons. The molecule has 3 rings (SSSR count). The van der Waals surface area contributed by atoms with Gasteiger partial charge in [-0.2, -0.15) is 4.31 Å². The molecule has 0 unspecified atom stereocenters. The van der Waals surface area contributed by atoms with Crippen LogP contribution in [0.5, 0.6) is 0 Å². The number of hydrogen-bond acceptors (Lipinski definition) is 3. The quantitative estimate of drug-likeness (QED) is 0.862. The van der Waals surface area contributed by atoms with Gasteiger partial charge in [0.2, 0.25) is 10.0 Å². The third-order valence-electron chi connectivity index (χ3n) is 5.01. The van der Waals surface area contributed by atoms with Crippen LogP contribution in [0.4, 0.5) is 5.69 Å². The Kier molecular flexibility index (Phi) is 5.67. The van der Waals surface area contributed by atoms with Gasteiger partial charge in [0.15, 0.2) is 0 Å². The molecule has 0 saturated carbocycles. The third kappa shape index (κ3) is 4.22. The zero-order valence-electron chi connectivity index (χ0n) is 16.1. The lowest BCUT2D eigenvalue weighted by Gasteiger charge is -2.26. The second-order valence-electron chi connectivity index (χ2n) is 7.22. The maximum Gasteiger partial charge on any atom is 0.255 e. The van der Waals surface area contributed by atoms with E-state index in [1.807, 2.05) is 32.0 Å². The highest BCUT2D eigenvalue weighted by Crippen LogP contribution is 2.25. The lowest BCUT2D eigenvalue weighted by Crippen LogP contribution is -2.36. The van der Waals surface area contributed by atoms with Crippen LogP contribution in [0.15, 0.2) is 41.3 Å². The number of anilines is 1. The van der Waals surface area contributed by atoms with E-state index < -0.39 is 10.0 Å². The Bertz CT molecular complexity index is 961. The molecule has 144 valence electrons. The topological polar surface area (TPSA) is 66.5 Å². The highest BCUT2D eigenvalue weighted by molar-refractivity contribution is 7.89. The molecule has 2 aromatic carbocycles. The number of nitrogens with one attached hydrogen (secondary N) is 1. The summed E-state index contributed by atoms with van der Waals surface area (Å²) in [6.45, 7) is 6.78. The van der Waals surface area contributed by atoms with Gasteiger partial charge in [0.05, 0.1) is 4.90 Å². The van der Waals surface area contributed by atoms with E-state index in [0.717, 1.165) is 36.1 Å². The molecule has 0 aromatic heterocycles. The molecule has 5 nitrogen and oxygen atoms in total. The van der Waals surface area contributed by atoms with Crippen LogP contribution in [-0.4, -0.2) is 31.7 Å². The fourth-order valence-corrected chi connectivity index (χ4v) is 5.18. The first kappa shape index (κ1) is 19.6. The first-order valence-corrected chi connectivity index (χ1v) is 10.7. The summed E-state index contributed by atoms with van der Waals surface area (Å²) in [5.74, 6) is -0.308. The second kappa shape index (κ2) is 7.82. The van der Waals surface area contributed by atoms with Crippen molar-refractivity contribution in [3.63, 3.8) is 0 Å². The van der Waals surface area contributed by atoms with Gasteiger partial charge in [-0.1, -0.05) is 30.2 Å². The molecule has 1 heterocycles. The summed E-state index contributed by atoms with van der Waals surface area (Å²) in [4.78, 5) is 12.9. The van der Waals surface area contributed by atoms with E-state index in [1.54, 1.807) is 19.1 Å². The molecule has 27 heavy (non-hydrogen) atoms. The van der Waals surface area contributed by atoms with Crippen molar-refractivity contribution in [3.8, 4) is 0 Å². The van der Waals surface area contributed by atoms with E-state index in [9.17, 15) is 13.2 Å². The molecule has 1 saturated heterocycles. The number of hydrogen-bond donors (Lipinski definition) is 1. The van der Waals surface area contributed by atoms with Crippen LogP contribution in [-0.2, 0) is 10.0 Å². The maximum absolute atomic E-state index is 13.0. The Labute approximate surface area is 161 Å². The van der Waals surface area contributed by atoms with Crippen molar-refractivity contribution in [3.05, 3.63) is 58.7 Å². The van der Waals surface area contributed by atoms with Crippen molar-refractivity contribution >= 4 is 21.6 Å². The van der Waals surface area contributed by atoms with Crippen molar-refractivity contribution in [1.82, 2.24) is 4.31 Å². The monoisotopic (exact) mass is 386 g/mol. The summed E-state index contributed by atoms with van der Waals surface area (Å²) < 4.78 is 27.6. The van der Waals surface area contributed by atoms with Crippen LogP contribution in [0.3, 0.4) is 0 Å². The Balaban J connectivity index is 1.89. The SMILES string of the molecule is Cc1ccc(NC(=O)c2ccc(C)c(S(=O)(=O)N3CCCCC3)c2)c(C)c1. The predicted molar refractivity (Wildman–Crippen MR) is 108 cm³/mol. The van der Waals surface area contributed by atoms with E-state index in [4.69, 9.17) is 0 Å². The van der Waals surface area contributed by atoms with E-state index in [-0.39, 0.29) is 10.8 Å². The van der Waals surface area contributed by atoms with Gasteiger partial charge < -0.3 is 5.32 Å². The fourth-order valence-electron chi connectivity index (χ4n) is 3.41. The van der Waals surface area contributed by atoms with Crippen LogP contribution in [0, 0.1) is 20.8 Å². The van der Waals surface area contributed by atoms with Gasteiger partial charge in [-0.15, -0.1) is 0 Å². The highest BCUT2D eigenvalue weighted by atomic mass is 32.2. The summed E-state index contributed by atoms with van der Waals surface area (Å²) >= 11 is 0. The molecule has 1 aliphatic rings. The number of sulfonamides is 1. The van der Waals surface area contributed by atoms with Gasteiger partial charge in [-0.25, -0.2) is 8.42 Å². The minimum atomic E-state index is -3.58. The number of aryl methyl sites for hydroxylation is 3. The number of carbonyl (C=O) groups is 1. The summed E-state index contributed by atoms with van der Waals surface area (Å²) in [7, 11) is -3.58. The number of benzene rings is 2. The predicted octanol–water partition coefficient (Wildman–Crippen LogP) is 4.04. The molecule has 0 bridgehead atoms. The van der Waals surface area contributed by atoms with Gasteiger partial charge in [-0.3, -0.25) is 4.79 Å². The van der Waals surface area contributed by atoms with Crippen LogP contribution in [0.1, 0.15) is 46.3 Å². The molecule has 0 atom stereocenters. The van der Waals surface area contributed by atoms with Crippen LogP contribution in [0.2, 0.25) is 0 Å². The van der Waals surface area contributed by atoms with E-state index in [2.05, 4.69) is 5.32 Å². The van der Waals surface area contributed by atoms with Crippen molar-refractivity contribution in [2.24, 2.45) is 0 Å². The first-order valence-electron chi connectivity index (χ1n) is 9.28. The number of piperidine rings is 1. The molecule has 6 heteroatoms. The molecule has 1 fully saturated rings. The molecule has 1 aliphatic heterocycles. The molecule has 1 N–H and O–H groups in total. The standard InChI is InChI=1S/C21H26N2O3S/c1-15-7-10-19(17(3)13-15)22-21(24)18-9-8-16(2)20(14-18)27(25,26)23-11-5-4-6-12-23/h7-10,13-14H,4-6,11-12H2,1-3H3,(H,22,24). The third-order valence-corrected chi connectivity index (χ3v) is 7.05. The van der Waals surface area contributed by atoms with E-state index in [0.29, 0.717) is 24.2 Å². The zero-order chi connectivity index (χ0) is 19.6. The van der Waals surface area contributed by atoms with Crippen LogP contribution in [0.25, 0.3) is 0 Å². The first-order chi connectivity index (χ1) is 12.8. The largest absolute Gasteiger partial charge is 0.322 e. The summed E-state index contributed by atoms with van der Waals surface area (Å²) in [6, 6.07) is 10.7. The molecular weight excluding hydrogens is 360 g/mol. The summed E-state index contributed by atoms with van der Waals surface area (Å²) in [5, 5.41) is 2.88. The lowest BCUT2D eigenvalue weighted by molar-refractivity contribution is 0.102. The molecule has 0 aliphatic carbocycles. The number of carbonyl (C=O) groups excluding carboxylic acids is 1. The van der Waals surface area contributed by atoms with Gasteiger partial charge >= 0.3 is 0 Å². The number of rotatable bonds is 4. The Hall–Kier alpha value is -2.18. The van der Waals surface area contributed by atoms with Crippen molar-refractivity contribution < 1.29 is 13.2 Å². The molecule has 0 spiro atoms. The summed E-state index contributed by atoms with van der Waals surface area (Å²) in [5.41, 5.74) is 3.82. The summed E-state index contributed by atoms with van der Waals surface area (Å²) in [6.07, 6.45) is 2.82. The lowest BCUT2D eigenvalue weighted by atomic mass is 10.1. The van der Waals surface area contributed by atoms with Crippen LogP contribution < -0.4 is 5.32 Å². The van der Waals surface area contributed by atoms with Crippen molar-refractivity contribution in [1.29, 1.82) is 0 Å². The average Bonchev–Trinajstić information content (AvgIpc) is 2.65. The van der Waals surface area contributed by atoms with E-state index >= 15 is 0 Å². The Morgan fingerprint density at radius 3 is 2.30 bits per heavy atom. The average molecular weight is 387 g/mol. The van der Waals surface area contributed by atoms with Crippen molar-refractivity contribution in [2.45, 2.75) is 44.9 Å². The van der Waals surface area contributed by atoms with Gasteiger partial charge in [0.25, 0.3) is 5.91 Å². The van der Waals surface area contributed by atoms with E-state index in [1.165, 1.54) is 10.4 Å². The fraction of sp³-hybridized carbons (Fsp3) is 0.381. The van der Waals surface area contributed by atoms with Crippen LogP contribution >= 0.6 is 0 Å². The Morgan fingerprint density at radius 2 is 1.63 bits per heavy atom. The number of amides is 1. The minimum Gasteiger partial charge on any atom is -0.322 e.